The van der Waals surface area contributed by atoms with Crippen molar-refractivity contribution in [2.75, 3.05) is 26.2 Å². The monoisotopic (exact) mass is 229 g/mol. The SMILES string of the molecule is CC(C)(C)CN1CCC(OCC(=O)O)CC1. The summed E-state index contributed by atoms with van der Waals surface area (Å²) in [6, 6.07) is 0. The molecule has 0 amide bonds. The zero-order chi connectivity index (χ0) is 12.2. The Bertz CT molecular complexity index is 227. The number of carboxylic acid groups (broad SMARTS) is 1. The largest absolute Gasteiger partial charge is 0.480 e. The van der Waals surface area contributed by atoms with Gasteiger partial charge in [0.25, 0.3) is 0 Å². The van der Waals surface area contributed by atoms with Crippen molar-refractivity contribution >= 4 is 5.97 Å². The summed E-state index contributed by atoms with van der Waals surface area (Å²) in [5.41, 5.74) is 0.328. The lowest BCUT2D eigenvalue weighted by molar-refractivity contribution is -0.145. The Labute approximate surface area is 97.6 Å². The van der Waals surface area contributed by atoms with Crippen LogP contribution in [0.1, 0.15) is 33.6 Å². The van der Waals surface area contributed by atoms with E-state index in [1.807, 2.05) is 0 Å². The van der Waals surface area contributed by atoms with E-state index < -0.39 is 5.97 Å². The molecule has 0 aromatic heterocycles. The number of nitrogens with zero attached hydrogens (tertiary/aromatic N) is 1. The molecule has 0 saturated carbocycles. The fourth-order valence-electron chi connectivity index (χ4n) is 2.09. The van der Waals surface area contributed by atoms with Gasteiger partial charge in [-0.1, -0.05) is 20.8 Å². The van der Waals surface area contributed by atoms with Gasteiger partial charge in [0, 0.05) is 19.6 Å². The number of carboxylic acids is 1. The van der Waals surface area contributed by atoms with Crippen molar-refractivity contribution in [3.63, 3.8) is 0 Å². The molecule has 1 rings (SSSR count). The van der Waals surface area contributed by atoms with E-state index in [0.717, 1.165) is 32.5 Å². The van der Waals surface area contributed by atoms with Gasteiger partial charge in [0.05, 0.1) is 6.10 Å². The van der Waals surface area contributed by atoms with E-state index in [9.17, 15) is 4.79 Å². The van der Waals surface area contributed by atoms with Crippen LogP contribution in [0.5, 0.6) is 0 Å². The third-order valence-corrected chi connectivity index (χ3v) is 2.68. The maximum Gasteiger partial charge on any atom is 0.329 e. The normalized spacial score (nSPS) is 19.9. The number of hydrogen-bond acceptors (Lipinski definition) is 3. The number of hydrogen-bond donors (Lipinski definition) is 1. The van der Waals surface area contributed by atoms with Gasteiger partial charge in [-0.05, 0) is 18.3 Å². The summed E-state index contributed by atoms with van der Waals surface area (Å²) in [7, 11) is 0. The standard InChI is InChI=1S/C12H23NO3/c1-12(2,3)9-13-6-4-10(5-7-13)16-8-11(14)15/h10H,4-9H2,1-3H3,(H,14,15). The molecule has 4 heteroatoms. The summed E-state index contributed by atoms with van der Waals surface area (Å²) in [5, 5.41) is 8.51. The molecule has 94 valence electrons. The lowest BCUT2D eigenvalue weighted by Gasteiger charge is -2.35. The van der Waals surface area contributed by atoms with Gasteiger partial charge in [-0.15, -0.1) is 0 Å². The van der Waals surface area contributed by atoms with Crippen molar-refractivity contribution in [1.82, 2.24) is 4.90 Å². The predicted molar refractivity (Wildman–Crippen MR) is 62.5 cm³/mol. The molecule has 0 atom stereocenters. The first kappa shape index (κ1) is 13.5. The molecule has 0 unspecified atom stereocenters. The Balaban J connectivity index is 2.21. The predicted octanol–water partition coefficient (Wildman–Crippen LogP) is 1.60. The minimum atomic E-state index is -0.878. The molecule has 0 aliphatic carbocycles. The van der Waals surface area contributed by atoms with Crippen LogP contribution in [0.25, 0.3) is 0 Å². The van der Waals surface area contributed by atoms with Crippen LogP contribution in [0, 0.1) is 5.41 Å². The maximum atomic E-state index is 10.4. The molecule has 0 radical (unpaired) electrons. The summed E-state index contributed by atoms with van der Waals surface area (Å²) < 4.78 is 5.30. The first-order chi connectivity index (χ1) is 7.37. The van der Waals surface area contributed by atoms with Crippen molar-refractivity contribution in [1.29, 1.82) is 0 Å². The third kappa shape index (κ3) is 5.47. The number of rotatable bonds is 4. The van der Waals surface area contributed by atoms with Crippen LogP contribution in [0.2, 0.25) is 0 Å². The number of likely N-dealkylation sites (tertiary alicyclic amines) is 1. The average molecular weight is 229 g/mol. The van der Waals surface area contributed by atoms with Gasteiger partial charge < -0.3 is 14.7 Å². The van der Waals surface area contributed by atoms with Crippen LogP contribution in [0.15, 0.2) is 0 Å². The molecule has 1 heterocycles. The second-order valence-electron chi connectivity index (χ2n) is 5.74. The number of aliphatic carboxylic acids is 1. The fraction of sp³-hybridized carbons (Fsp3) is 0.917. The summed E-state index contributed by atoms with van der Waals surface area (Å²) >= 11 is 0. The minimum absolute atomic E-state index is 0.132. The van der Waals surface area contributed by atoms with Crippen LogP contribution in [0.3, 0.4) is 0 Å². The smallest absolute Gasteiger partial charge is 0.329 e. The van der Waals surface area contributed by atoms with Crippen molar-refractivity contribution < 1.29 is 14.6 Å². The minimum Gasteiger partial charge on any atom is -0.480 e. The van der Waals surface area contributed by atoms with Gasteiger partial charge in [-0.25, -0.2) is 4.79 Å². The maximum absolute atomic E-state index is 10.4. The first-order valence-electron chi connectivity index (χ1n) is 5.92. The quantitative estimate of drug-likeness (QED) is 0.795. The van der Waals surface area contributed by atoms with Crippen LogP contribution in [-0.4, -0.2) is 48.3 Å². The molecular weight excluding hydrogens is 206 g/mol. The second-order valence-corrected chi connectivity index (χ2v) is 5.74. The van der Waals surface area contributed by atoms with E-state index in [0.29, 0.717) is 5.41 Å². The van der Waals surface area contributed by atoms with Crippen LogP contribution >= 0.6 is 0 Å². The highest BCUT2D eigenvalue weighted by molar-refractivity contribution is 5.68. The van der Waals surface area contributed by atoms with Crippen molar-refractivity contribution in [2.45, 2.75) is 39.7 Å². The Morgan fingerprint density at radius 3 is 2.38 bits per heavy atom. The molecule has 0 spiro atoms. The molecule has 1 aliphatic heterocycles. The zero-order valence-electron chi connectivity index (χ0n) is 10.5. The molecule has 0 aromatic rings. The lowest BCUT2D eigenvalue weighted by atomic mass is 9.94. The summed E-state index contributed by atoms with van der Waals surface area (Å²) in [6.45, 7) is 9.67. The summed E-state index contributed by atoms with van der Waals surface area (Å²) in [4.78, 5) is 12.8. The molecule has 4 nitrogen and oxygen atoms in total. The highest BCUT2D eigenvalue weighted by Crippen LogP contribution is 2.20. The molecule has 1 aliphatic rings. The van der Waals surface area contributed by atoms with Crippen LogP contribution in [-0.2, 0) is 9.53 Å². The topological polar surface area (TPSA) is 49.8 Å². The van der Waals surface area contributed by atoms with Gasteiger partial charge in [-0.2, -0.15) is 0 Å². The Hall–Kier alpha value is -0.610. The molecular formula is C12H23NO3. The fourth-order valence-corrected chi connectivity index (χ4v) is 2.09. The number of piperidine rings is 1. The number of carbonyl (C=O) groups is 1. The third-order valence-electron chi connectivity index (χ3n) is 2.68. The second kappa shape index (κ2) is 5.64. The van der Waals surface area contributed by atoms with Crippen LogP contribution < -0.4 is 0 Å². The lowest BCUT2D eigenvalue weighted by Crippen LogP contribution is -2.41. The molecule has 1 fully saturated rings. The summed E-state index contributed by atoms with van der Waals surface area (Å²) in [6.07, 6.45) is 2.03. The highest BCUT2D eigenvalue weighted by atomic mass is 16.5. The van der Waals surface area contributed by atoms with Gasteiger partial charge in [0.1, 0.15) is 6.61 Å². The van der Waals surface area contributed by atoms with E-state index in [1.54, 1.807) is 0 Å². The highest BCUT2D eigenvalue weighted by Gasteiger charge is 2.23. The summed E-state index contributed by atoms with van der Waals surface area (Å²) in [5.74, 6) is -0.878. The first-order valence-corrected chi connectivity index (χ1v) is 5.92. The van der Waals surface area contributed by atoms with Gasteiger partial charge in [-0.3, -0.25) is 0 Å². The average Bonchev–Trinajstić information content (AvgIpc) is 2.14. The van der Waals surface area contributed by atoms with Gasteiger partial charge in [0.2, 0.25) is 0 Å². The number of ether oxygens (including phenoxy) is 1. The van der Waals surface area contributed by atoms with E-state index in [2.05, 4.69) is 25.7 Å². The molecule has 0 aromatic carbocycles. The van der Waals surface area contributed by atoms with Crippen molar-refractivity contribution in [2.24, 2.45) is 5.41 Å². The van der Waals surface area contributed by atoms with Gasteiger partial charge >= 0.3 is 5.97 Å². The van der Waals surface area contributed by atoms with E-state index in [1.165, 1.54) is 0 Å². The van der Waals surface area contributed by atoms with E-state index >= 15 is 0 Å². The molecule has 16 heavy (non-hydrogen) atoms. The molecule has 0 bridgehead atoms. The molecule has 1 saturated heterocycles. The van der Waals surface area contributed by atoms with Gasteiger partial charge in [0.15, 0.2) is 0 Å². The van der Waals surface area contributed by atoms with E-state index in [-0.39, 0.29) is 12.7 Å². The Kier molecular flexibility index (Phi) is 4.74. The van der Waals surface area contributed by atoms with Crippen LogP contribution in [0.4, 0.5) is 0 Å². The Morgan fingerprint density at radius 1 is 1.38 bits per heavy atom. The Morgan fingerprint density at radius 2 is 1.94 bits per heavy atom. The molecule has 1 N–H and O–H groups in total. The zero-order valence-corrected chi connectivity index (χ0v) is 10.5. The van der Waals surface area contributed by atoms with E-state index in [4.69, 9.17) is 9.84 Å². The van der Waals surface area contributed by atoms with Crippen molar-refractivity contribution in [3.05, 3.63) is 0 Å². The van der Waals surface area contributed by atoms with Crippen molar-refractivity contribution in [3.8, 4) is 0 Å².